The molecule has 2 unspecified atom stereocenters. The van der Waals surface area contributed by atoms with Crippen LogP contribution in [0.15, 0.2) is 22.3 Å². The average molecular weight is 439 g/mol. The van der Waals surface area contributed by atoms with Crippen LogP contribution >= 0.6 is 23.2 Å². The molecule has 0 bridgehead atoms. The summed E-state index contributed by atoms with van der Waals surface area (Å²) in [4.78, 5) is -0.409. The molecule has 0 saturated carbocycles. The van der Waals surface area contributed by atoms with Crippen LogP contribution in [-0.4, -0.2) is 10.3 Å². The molecular weight excluding hydrogens is 419 g/mol. The monoisotopic (exact) mass is 439 g/mol. The summed E-state index contributed by atoms with van der Waals surface area (Å²) in [6.07, 6.45) is 2.00. The molecule has 0 aromatic rings. The summed E-state index contributed by atoms with van der Waals surface area (Å²) in [7, 11) is 0. The Bertz CT molecular complexity index is 327. The van der Waals surface area contributed by atoms with Gasteiger partial charge in [0.05, 0.1) is 10.3 Å². The topological polar surface area (TPSA) is 0 Å². The first-order valence-electron chi connectivity index (χ1n) is 5.46. The van der Waals surface area contributed by atoms with Crippen molar-refractivity contribution in [3.05, 3.63) is 22.3 Å². The second-order valence-electron chi connectivity index (χ2n) is 4.74. The maximum atomic E-state index is 6.55. The first-order valence-corrected chi connectivity index (χ1v) is 6.27. The summed E-state index contributed by atoms with van der Waals surface area (Å²) in [5.74, 6) is 0. The van der Waals surface area contributed by atoms with Gasteiger partial charge in [-0.05, 0) is 64.2 Å². The Morgan fingerprint density at radius 3 is 2.12 bits per heavy atom. The van der Waals surface area contributed by atoms with Crippen LogP contribution in [0.4, 0.5) is 0 Å². The summed E-state index contributed by atoms with van der Waals surface area (Å²) >= 11 is 12.9. The van der Waals surface area contributed by atoms with Gasteiger partial charge < -0.3 is 0 Å². The van der Waals surface area contributed by atoms with E-state index in [1.807, 2.05) is 6.92 Å². The molecule has 0 N–H and O–H groups in total. The van der Waals surface area contributed by atoms with Crippen LogP contribution in [0.25, 0.3) is 0 Å². The van der Waals surface area contributed by atoms with Gasteiger partial charge in [-0.25, -0.2) is 0 Å². The molecule has 2 atom stereocenters. The van der Waals surface area contributed by atoms with Crippen LogP contribution in [0.2, 0.25) is 0 Å². The van der Waals surface area contributed by atoms with E-state index in [0.29, 0.717) is 0 Å². The minimum atomic E-state index is -0.409. The van der Waals surface area contributed by atoms with Crippen molar-refractivity contribution in [1.29, 1.82) is 0 Å². The standard InChI is InChI=1S/C13H20Cl2.Ir/c1-8-6-7-12(14)13(5,15)11(4)10(3)9(8)2;/h12H,6-7H2,1-5H3;. The average Bonchev–Trinajstić information content (AvgIpc) is 2.20. The zero-order valence-electron chi connectivity index (χ0n) is 10.6. The second kappa shape index (κ2) is 6.05. The molecule has 0 spiro atoms. The fourth-order valence-electron chi connectivity index (χ4n) is 2.00. The Balaban J connectivity index is 0.00000225. The van der Waals surface area contributed by atoms with Crippen molar-refractivity contribution in [2.24, 2.45) is 0 Å². The van der Waals surface area contributed by atoms with Crippen LogP contribution in [-0.2, 0) is 20.1 Å². The summed E-state index contributed by atoms with van der Waals surface area (Å²) in [6, 6.07) is 0. The van der Waals surface area contributed by atoms with E-state index in [1.165, 1.54) is 22.3 Å². The van der Waals surface area contributed by atoms with E-state index in [1.54, 1.807) is 0 Å². The molecule has 0 fully saturated rings. The normalized spacial score (nSPS) is 32.1. The zero-order chi connectivity index (χ0) is 11.8. The van der Waals surface area contributed by atoms with E-state index in [2.05, 4.69) is 27.7 Å². The third-order valence-corrected chi connectivity index (χ3v) is 5.17. The SMILES string of the molecule is CC1=C(C)C(C)=C(C)C(C)(Cl)C(Cl)CC1.[Ir]. The number of allylic oxidation sites excluding steroid dienone is 4. The van der Waals surface area contributed by atoms with Gasteiger partial charge in [0.1, 0.15) is 0 Å². The number of halogens is 2. The second-order valence-corrected chi connectivity index (χ2v) is 6.05. The van der Waals surface area contributed by atoms with E-state index in [9.17, 15) is 0 Å². The molecule has 0 saturated heterocycles. The third kappa shape index (κ3) is 3.13. The minimum Gasteiger partial charge on any atom is -0.121 e. The maximum Gasteiger partial charge on any atom is 0.0793 e. The molecule has 1 aliphatic carbocycles. The van der Waals surface area contributed by atoms with Crippen LogP contribution in [0, 0.1) is 0 Å². The third-order valence-electron chi connectivity index (χ3n) is 3.86. The van der Waals surface area contributed by atoms with E-state index < -0.39 is 4.87 Å². The van der Waals surface area contributed by atoms with Gasteiger partial charge in [-0.15, -0.1) is 23.2 Å². The number of hydrogen-bond donors (Lipinski definition) is 0. The van der Waals surface area contributed by atoms with Gasteiger partial charge in [-0.1, -0.05) is 5.57 Å². The molecule has 0 heterocycles. The largest absolute Gasteiger partial charge is 0.121 e. The predicted molar refractivity (Wildman–Crippen MR) is 69.9 cm³/mol. The van der Waals surface area contributed by atoms with E-state index in [4.69, 9.17) is 23.2 Å². The molecule has 3 heteroatoms. The molecule has 0 amide bonds. The Hall–Kier alpha value is 0.709. The van der Waals surface area contributed by atoms with Gasteiger partial charge in [0.15, 0.2) is 0 Å². The van der Waals surface area contributed by atoms with Crippen molar-refractivity contribution >= 4 is 23.2 Å². The fourth-order valence-corrected chi connectivity index (χ4v) is 2.53. The zero-order valence-corrected chi connectivity index (χ0v) is 14.5. The van der Waals surface area contributed by atoms with Crippen LogP contribution in [0.5, 0.6) is 0 Å². The summed E-state index contributed by atoms with van der Waals surface area (Å²) < 4.78 is 0. The molecule has 1 aliphatic rings. The molecule has 0 aromatic heterocycles. The van der Waals surface area contributed by atoms with Crippen LogP contribution < -0.4 is 0 Å². The molecule has 0 aromatic carbocycles. The van der Waals surface area contributed by atoms with Crippen LogP contribution in [0.3, 0.4) is 0 Å². The fraction of sp³-hybridized carbons (Fsp3) is 0.692. The summed E-state index contributed by atoms with van der Waals surface area (Å²) in [5.41, 5.74) is 5.32. The molecule has 1 radical (unpaired) electrons. The smallest absolute Gasteiger partial charge is 0.0793 e. The Morgan fingerprint density at radius 1 is 1.12 bits per heavy atom. The Labute approximate surface area is 123 Å². The van der Waals surface area contributed by atoms with Gasteiger partial charge in [0.2, 0.25) is 0 Å². The number of rotatable bonds is 0. The van der Waals surface area contributed by atoms with Crippen molar-refractivity contribution < 1.29 is 20.1 Å². The van der Waals surface area contributed by atoms with Crippen LogP contribution in [0.1, 0.15) is 47.5 Å². The summed E-state index contributed by atoms with van der Waals surface area (Å²) in [6.45, 7) is 10.6. The van der Waals surface area contributed by atoms with Gasteiger partial charge in [0.25, 0.3) is 0 Å². The summed E-state index contributed by atoms with van der Waals surface area (Å²) in [5, 5.41) is 0.0113. The van der Waals surface area contributed by atoms with Crippen molar-refractivity contribution in [1.82, 2.24) is 0 Å². The Kier molecular flexibility index (Phi) is 6.31. The molecule has 0 nitrogen and oxygen atoms in total. The predicted octanol–water partition coefficient (Wildman–Crippen LogP) is 5.06. The first-order chi connectivity index (χ1) is 6.78. The van der Waals surface area contributed by atoms with Gasteiger partial charge in [-0.3, -0.25) is 0 Å². The molecular formula is C13H20Cl2Ir. The van der Waals surface area contributed by atoms with Crippen molar-refractivity contribution in [2.75, 3.05) is 0 Å². The van der Waals surface area contributed by atoms with Gasteiger partial charge >= 0.3 is 0 Å². The number of hydrogen-bond acceptors (Lipinski definition) is 0. The van der Waals surface area contributed by atoms with Gasteiger partial charge in [-0.2, -0.15) is 0 Å². The van der Waals surface area contributed by atoms with Crippen molar-refractivity contribution in [3.8, 4) is 0 Å². The molecule has 16 heavy (non-hydrogen) atoms. The van der Waals surface area contributed by atoms with E-state index in [-0.39, 0.29) is 25.5 Å². The van der Waals surface area contributed by atoms with E-state index >= 15 is 0 Å². The van der Waals surface area contributed by atoms with Crippen molar-refractivity contribution in [3.63, 3.8) is 0 Å². The number of alkyl halides is 2. The molecule has 0 aliphatic heterocycles. The molecule has 1 rings (SSSR count). The van der Waals surface area contributed by atoms with Crippen molar-refractivity contribution in [2.45, 2.75) is 57.7 Å². The quantitative estimate of drug-likeness (QED) is 0.463. The minimum absolute atomic E-state index is 0. The Morgan fingerprint density at radius 2 is 1.62 bits per heavy atom. The van der Waals surface area contributed by atoms with Gasteiger partial charge in [0, 0.05) is 20.1 Å². The first kappa shape index (κ1) is 16.7. The van der Waals surface area contributed by atoms with E-state index in [0.717, 1.165) is 12.8 Å². The molecule has 95 valence electrons. The maximum absolute atomic E-state index is 6.55.